The maximum absolute atomic E-state index is 13.5. The topological polar surface area (TPSA) is 24.9 Å². The molecule has 3 aromatic rings. The van der Waals surface area contributed by atoms with Crippen LogP contribution >= 0.6 is 0 Å². The number of nitrogens with one attached hydrogen (secondary N) is 1. The van der Waals surface area contributed by atoms with Crippen LogP contribution < -0.4 is 5.32 Å². The van der Waals surface area contributed by atoms with Gasteiger partial charge in [0.1, 0.15) is 6.04 Å². The molecule has 0 amide bonds. The maximum Gasteiger partial charge on any atom is 0.412 e. The minimum absolute atomic E-state index is 0.177. The Morgan fingerprint density at radius 2 is 1.65 bits per heavy atom. The highest BCUT2D eigenvalue weighted by atomic mass is 19.4. The van der Waals surface area contributed by atoms with Gasteiger partial charge in [-0.2, -0.15) is 13.2 Å². The lowest BCUT2D eigenvalue weighted by Gasteiger charge is -2.23. The molecule has 0 fully saturated rings. The number of pyridine rings is 1. The van der Waals surface area contributed by atoms with Gasteiger partial charge in [-0.05, 0) is 24.6 Å². The summed E-state index contributed by atoms with van der Waals surface area (Å²) in [6.45, 7) is 1.84. The van der Waals surface area contributed by atoms with Crippen LogP contribution in [0.5, 0.6) is 0 Å². The maximum atomic E-state index is 13.5. The van der Waals surface area contributed by atoms with Gasteiger partial charge in [0.2, 0.25) is 0 Å². The fourth-order valence-corrected chi connectivity index (χ4v) is 2.49. The summed E-state index contributed by atoms with van der Waals surface area (Å²) in [5, 5.41) is 3.40. The highest BCUT2D eigenvalue weighted by molar-refractivity contribution is 5.90. The number of benzene rings is 2. The van der Waals surface area contributed by atoms with E-state index in [4.69, 9.17) is 0 Å². The normalized spacial score (nSPS) is 13.0. The molecule has 3 rings (SSSR count). The van der Waals surface area contributed by atoms with Crippen LogP contribution in [-0.4, -0.2) is 11.2 Å². The largest absolute Gasteiger partial charge is 0.412 e. The van der Waals surface area contributed by atoms with E-state index >= 15 is 0 Å². The van der Waals surface area contributed by atoms with Gasteiger partial charge in [-0.15, -0.1) is 0 Å². The molecule has 0 spiro atoms. The van der Waals surface area contributed by atoms with Crippen LogP contribution in [-0.2, 0) is 0 Å². The quantitative estimate of drug-likeness (QED) is 0.713. The Balaban J connectivity index is 2.03. The van der Waals surface area contributed by atoms with Crippen molar-refractivity contribution in [3.8, 4) is 0 Å². The second-order valence-corrected chi connectivity index (χ2v) is 5.41. The summed E-state index contributed by atoms with van der Waals surface area (Å²) < 4.78 is 40.5. The zero-order valence-electron chi connectivity index (χ0n) is 12.4. The smallest absolute Gasteiger partial charge is 0.369 e. The van der Waals surface area contributed by atoms with Gasteiger partial charge in [-0.3, -0.25) is 4.98 Å². The summed E-state index contributed by atoms with van der Waals surface area (Å²) in [7, 11) is 0. The summed E-state index contributed by atoms with van der Waals surface area (Å²) >= 11 is 0. The Kier molecular flexibility index (Phi) is 3.94. The predicted molar refractivity (Wildman–Crippen MR) is 85.3 cm³/mol. The molecule has 0 bridgehead atoms. The number of alkyl halides is 3. The lowest BCUT2D eigenvalue weighted by molar-refractivity contribution is -0.143. The summed E-state index contributed by atoms with van der Waals surface area (Å²) in [5.41, 5.74) is 1.99. The number of rotatable bonds is 3. The number of aryl methyl sites for hydroxylation is 1. The molecule has 118 valence electrons. The molecule has 0 saturated heterocycles. The molecule has 2 nitrogen and oxygen atoms in total. The van der Waals surface area contributed by atoms with Gasteiger partial charge in [0.05, 0.1) is 11.2 Å². The predicted octanol–water partition coefficient (Wildman–Crippen LogP) is 5.26. The van der Waals surface area contributed by atoms with E-state index in [0.29, 0.717) is 11.2 Å². The molecular weight excluding hydrogens is 301 g/mol. The van der Waals surface area contributed by atoms with Crippen molar-refractivity contribution in [1.29, 1.82) is 0 Å². The van der Waals surface area contributed by atoms with Crippen LogP contribution in [0, 0.1) is 6.92 Å². The number of hydrogen-bond donors (Lipinski definition) is 1. The second-order valence-electron chi connectivity index (χ2n) is 5.41. The molecule has 1 unspecified atom stereocenters. The monoisotopic (exact) mass is 316 g/mol. The summed E-state index contributed by atoms with van der Waals surface area (Å²) in [6, 6.07) is 13.3. The molecule has 0 radical (unpaired) electrons. The van der Waals surface area contributed by atoms with E-state index < -0.39 is 12.2 Å². The first-order valence-electron chi connectivity index (χ1n) is 7.19. The second kappa shape index (κ2) is 5.91. The Labute approximate surface area is 132 Å². The number of anilines is 1. The van der Waals surface area contributed by atoms with Gasteiger partial charge in [0, 0.05) is 11.6 Å². The van der Waals surface area contributed by atoms with Crippen LogP contribution in [0.15, 0.2) is 60.8 Å². The zero-order chi connectivity index (χ0) is 16.4. The van der Waals surface area contributed by atoms with Crippen molar-refractivity contribution < 1.29 is 13.2 Å². The first kappa shape index (κ1) is 15.3. The van der Waals surface area contributed by atoms with Crippen molar-refractivity contribution in [3.05, 3.63) is 71.9 Å². The molecule has 23 heavy (non-hydrogen) atoms. The number of para-hydroxylation sites is 1. The molecule has 5 heteroatoms. The summed E-state index contributed by atoms with van der Waals surface area (Å²) in [4.78, 5) is 4.19. The Bertz CT molecular complexity index is 805. The van der Waals surface area contributed by atoms with Crippen molar-refractivity contribution in [1.82, 2.24) is 4.98 Å². The first-order valence-corrected chi connectivity index (χ1v) is 7.19. The number of hydrogen-bond acceptors (Lipinski definition) is 2. The molecular formula is C18H15F3N2. The molecule has 1 aromatic heterocycles. The number of nitrogens with zero attached hydrogens (tertiary/aromatic N) is 1. The Morgan fingerprint density at radius 1 is 0.957 bits per heavy atom. The van der Waals surface area contributed by atoms with Gasteiger partial charge < -0.3 is 5.32 Å². The lowest BCUT2D eigenvalue weighted by Crippen LogP contribution is -2.28. The zero-order valence-corrected chi connectivity index (χ0v) is 12.4. The van der Waals surface area contributed by atoms with Crippen molar-refractivity contribution >= 4 is 16.6 Å². The molecule has 1 heterocycles. The molecule has 1 N–H and O–H groups in total. The SMILES string of the molecule is Cc1ccc(C(Nc2cccc3cccnc23)C(F)(F)F)cc1. The van der Waals surface area contributed by atoms with Crippen LogP contribution in [0.3, 0.4) is 0 Å². The van der Waals surface area contributed by atoms with Gasteiger partial charge in [0.25, 0.3) is 0 Å². The van der Waals surface area contributed by atoms with Gasteiger partial charge in [0.15, 0.2) is 0 Å². The Hall–Kier alpha value is -2.56. The lowest BCUT2D eigenvalue weighted by atomic mass is 10.0. The van der Waals surface area contributed by atoms with E-state index in [-0.39, 0.29) is 5.56 Å². The molecule has 2 aromatic carbocycles. The summed E-state index contributed by atoms with van der Waals surface area (Å²) in [6.07, 6.45) is -2.84. The van der Waals surface area contributed by atoms with Crippen LogP contribution in [0.25, 0.3) is 10.9 Å². The average Bonchev–Trinajstić information content (AvgIpc) is 2.53. The van der Waals surface area contributed by atoms with E-state index in [2.05, 4.69) is 10.3 Å². The van der Waals surface area contributed by atoms with E-state index in [0.717, 1.165) is 10.9 Å². The van der Waals surface area contributed by atoms with Crippen molar-refractivity contribution in [2.75, 3.05) is 5.32 Å². The molecule has 0 aliphatic rings. The van der Waals surface area contributed by atoms with Crippen LogP contribution in [0.1, 0.15) is 17.2 Å². The van der Waals surface area contributed by atoms with Gasteiger partial charge >= 0.3 is 6.18 Å². The number of fused-ring (bicyclic) bond motifs is 1. The van der Waals surface area contributed by atoms with Gasteiger partial charge in [-0.1, -0.05) is 48.0 Å². The van der Waals surface area contributed by atoms with E-state index in [1.165, 1.54) is 12.1 Å². The number of aromatic nitrogens is 1. The van der Waals surface area contributed by atoms with E-state index in [1.54, 1.807) is 36.5 Å². The van der Waals surface area contributed by atoms with Crippen molar-refractivity contribution in [3.63, 3.8) is 0 Å². The van der Waals surface area contributed by atoms with Crippen LogP contribution in [0.4, 0.5) is 18.9 Å². The fourth-order valence-electron chi connectivity index (χ4n) is 2.49. The van der Waals surface area contributed by atoms with Crippen molar-refractivity contribution in [2.24, 2.45) is 0 Å². The van der Waals surface area contributed by atoms with Gasteiger partial charge in [-0.25, -0.2) is 0 Å². The highest BCUT2D eigenvalue weighted by Crippen LogP contribution is 2.37. The molecule has 0 aliphatic carbocycles. The highest BCUT2D eigenvalue weighted by Gasteiger charge is 2.41. The fraction of sp³-hybridized carbons (Fsp3) is 0.167. The minimum atomic E-state index is -4.41. The third-order valence-electron chi connectivity index (χ3n) is 3.67. The third-order valence-corrected chi connectivity index (χ3v) is 3.67. The van der Waals surface area contributed by atoms with Crippen molar-refractivity contribution in [2.45, 2.75) is 19.1 Å². The molecule has 1 atom stereocenters. The third kappa shape index (κ3) is 3.28. The van der Waals surface area contributed by atoms with Crippen LogP contribution in [0.2, 0.25) is 0 Å². The molecule has 0 saturated carbocycles. The molecule has 0 aliphatic heterocycles. The number of halogens is 3. The average molecular weight is 316 g/mol. The van der Waals surface area contributed by atoms with E-state index in [1.807, 2.05) is 19.1 Å². The van der Waals surface area contributed by atoms with E-state index in [9.17, 15) is 13.2 Å². The summed E-state index contributed by atoms with van der Waals surface area (Å²) in [5.74, 6) is 0. The standard InChI is InChI=1S/C18H15F3N2/c1-12-7-9-14(10-8-12)17(18(19,20)21)23-15-6-2-4-13-5-3-11-22-16(13)15/h2-11,17,23H,1H3. The Morgan fingerprint density at radius 3 is 2.35 bits per heavy atom. The first-order chi connectivity index (χ1) is 10.9. The minimum Gasteiger partial charge on any atom is -0.369 e.